The van der Waals surface area contributed by atoms with Crippen molar-refractivity contribution in [3.63, 3.8) is 0 Å². The third-order valence-corrected chi connectivity index (χ3v) is 4.05. The summed E-state index contributed by atoms with van der Waals surface area (Å²) in [5.41, 5.74) is 3.29. The van der Waals surface area contributed by atoms with Crippen LogP contribution < -0.4 is 5.32 Å². The maximum absolute atomic E-state index is 12.7. The van der Waals surface area contributed by atoms with E-state index >= 15 is 0 Å². The highest BCUT2D eigenvalue weighted by atomic mass is 35.5. The lowest BCUT2D eigenvalue weighted by Crippen LogP contribution is -2.26. The summed E-state index contributed by atoms with van der Waals surface area (Å²) in [5, 5.41) is 11.8. The average Bonchev–Trinajstić information content (AvgIpc) is 2.96. The number of benzene rings is 2. The van der Waals surface area contributed by atoms with Gasteiger partial charge in [-0.1, -0.05) is 41.9 Å². The molecule has 5 nitrogen and oxygen atoms in total. The zero-order valence-electron chi connectivity index (χ0n) is 13.0. The van der Waals surface area contributed by atoms with Crippen LogP contribution in [0.15, 0.2) is 42.5 Å². The topological polar surface area (TPSA) is 59.8 Å². The normalized spacial score (nSPS) is 12.3. The van der Waals surface area contributed by atoms with Gasteiger partial charge in [0.15, 0.2) is 0 Å². The number of para-hydroxylation sites is 1. The molecule has 2 aromatic carbocycles. The van der Waals surface area contributed by atoms with Crippen molar-refractivity contribution < 1.29 is 4.79 Å². The first-order chi connectivity index (χ1) is 11.1. The molecule has 118 valence electrons. The van der Waals surface area contributed by atoms with Gasteiger partial charge in [0.2, 0.25) is 5.91 Å². The lowest BCUT2D eigenvalue weighted by atomic mass is 10.1. The van der Waals surface area contributed by atoms with Crippen LogP contribution in [0, 0.1) is 6.92 Å². The number of nitrogens with one attached hydrogen (secondary N) is 1. The number of aryl methyl sites for hydroxylation is 1. The number of aromatic nitrogens is 3. The fourth-order valence-electron chi connectivity index (χ4n) is 2.53. The molecule has 0 saturated heterocycles. The van der Waals surface area contributed by atoms with Gasteiger partial charge in [-0.25, -0.2) is 4.68 Å². The molecule has 1 amide bonds. The Kier molecular flexibility index (Phi) is 4.30. The fourth-order valence-corrected chi connectivity index (χ4v) is 2.70. The fraction of sp³-hybridized carbons (Fsp3) is 0.235. The minimum absolute atomic E-state index is 0.131. The average molecular weight is 329 g/mol. The van der Waals surface area contributed by atoms with Crippen LogP contribution in [0.1, 0.15) is 24.9 Å². The van der Waals surface area contributed by atoms with E-state index in [1.165, 1.54) is 0 Å². The first-order valence-corrected chi connectivity index (χ1v) is 7.85. The number of fused-ring (bicyclic) bond motifs is 1. The van der Waals surface area contributed by atoms with Crippen molar-refractivity contribution in [3.05, 3.63) is 53.1 Å². The number of carbonyl (C=O) groups is 1. The van der Waals surface area contributed by atoms with E-state index in [4.69, 9.17) is 11.6 Å². The lowest BCUT2D eigenvalue weighted by molar-refractivity contribution is -0.119. The van der Waals surface area contributed by atoms with Crippen molar-refractivity contribution in [1.82, 2.24) is 15.0 Å². The highest BCUT2D eigenvalue weighted by Crippen LogP contribution is 2.23. The molecule has 0 aliphatic carbocycles. The van der Waals surface area contributed by atoms with Crippen LogP contribution in [0.4, 0.5) is 5.69 Å². The SMILES string of the molecule is CCC(C(=O)Nc1cc(Cl)ccc1C)n1nnc2ccccc21. The van der Waals surface area contributed by atoms with Gasteiger partial charge >= 0.3 is 0 Å². The van der Waals surface area contributed by atoms with Crippen LogP contribution >= 0.6 is 11.6 Å². The highest BCUT2D eigenvalue weighted by Gasteiger charge is 2.22. The molecule has 1 unspecified atom stereocenters. The summed E-state index contributed by atoms with van der Waals surface area (Å²) in [5.74, 6) is -0.131. The zero-order valence-corrected chi connectivity index (χ0v) is 13.7. The summed E-state index contributed by atoms with van der Waals surface area (Å²) in [4.78, 5) is 12.7. The van der Waals surface area contributed by atoms with Crippen LogP contribution in [0.2, 0.25) is 5.02 Å². The third kappa shape index (κ3) is 3.05. The van der Waals surface area contributed by atoms with E-state index < -0.39 is 6.04 Å². The maximum Gasteiger partial charge on any atom is 0.249 e. The van der Waals surface area contributed by atoms with Gasteiger partial charge in [-0.2, -0.15) is 0 Å². The molecule has 1 N–H and O–H groups in total. The van der Waals surface area contributed by atoms with E-state index in [1.807, 2.05) is 44.2 Å². The monoisotopic (exact) mass is 328 g/mol. The Morgan fingerprint density at radius 1 is 1.30 bits per heavy atom. The molecule has 1 aromatic heterocycles. The highest BCUT2D eigenvalue weighted by molar-refractivity contribution is 6.31. The standard InChI is InChI=1S/C17H17ClN4O/c1-3-15(22-16-7-5-4-6-13(16)20-21-22)17(23)19-14-10-12(18)9-8-11(14)2/h4-10,15H,3H2,1-2H3,(H,19,23). The lowest BCUT2D eigenvalue weighted by Gasteiger charge is -2.17. The quantitative estimate of drug-likeness (QED) is 0.788. The molecule has 0 aliphatic heterocycles. The van der Waals surface area contributed by atoms with E-state index in [0.717, 1.165) is 16.6 Å². The molecule has 23 heavy (non-hydrogen) atoms. The van der Waals surface area contributed by atoms with E-state index in [2.05, 4.69) is 15.6 Å². The molecule has 1 heterocycles. The Hall–Kier alpha value is -2.40. The predicted molar refractivity (Wildman–Crippen MR) is 91.7 cm³/mol. The Bertz CT molecular complexity index is 859. The summed E-state index contributed by atoms with van der Waals surface area (Å²) in [6.07, 6.45) is 0.610. The Morgan fingerprint density at radius 3 is 2.87 bits per heavy atom. The number of nitrogens with zero attached hydrogens (tertiary/aromatic N) is 3. The summed E-state index contributed by atoms with van der Waals surface area (Å²) in [6, 6.07) is 12.6. The van der Waals surface area contributed by atoms with Crippen LogP contribution in [-0.2, 0) is 4.79 Å². The Balaban J connectivity index is 1.91. The van der Waals surface area contributed by atoms with Crippen LogP contribution in [0.3, 0.4) is 0 Å². The molecule has 6 heteroatoms. The predicted octanol–water partition coefficient (Wildman–Crippen LogP) is 3.98. The second-order valence-electron chi connectivity index (χ2n) is 5.40. The van der Waals surface area contributed by atoms with Gasteiger partial charge in [-0.15, -0.1) is 5.10 Å². The van der Waals surface area contributed by atoms with Crippen LogP contribution in [0.25, 0.3) is 11.0 Å². The first-order valence-electron chi connectivity index (χ1n) is 7.47. The van der Waals surface area contributed by atoms with E-state index in [9.17, 15) is 4.79 Å². The van der Waals surface area contributed by atoms with Gasteiger partial charge < -0.3 is 5.32 Å². The molecule has 3 rings (SSSR count). The molecule has 0 spiro atoms. The molecular formula is C17H17ClN4O. The van der Waals surface area contributed by atoms with Gasteiger partial charge in [0.25, 0.3) is 0 Å². The zero-order chi connectivity index (χ0) is 16.4. The molecule has 0 radical (unpaired) electrons. The maximum atomic E-state index is 12.7. The van der Waals surface area contributed by atoms with Crippen LogP contribution in [-0.4, -0.2) is 20.9 Å². The van der Waals surface area contributed by atoms with E-state index in [-0.39, 0.29) is 5.91 Å². The van der Waals surface area contributed by atoms with E-state index in [0.29, 0.717) is 17.1 Å². The summed E-state index contributed by atoms with van der Waals surface area (Å²) >= 11 is 6.01. The molecule has 0 aliphatic rings. The molecule has 0 bridgehead atoms. The van der Waals surface area contributed by atoms with Crippen molar-refractivity contribution in [2.24, 2.45) is 0 Å². The number of carbonyl (C=O) groups excluding carboxylic acids is 1. The van der Waals surface area contributed by atoms with Gasteiger partial charge in [0.1, 0.15) is 11.6 Å². The number of amides is 1. The van der Waals surface area contributed by atoms with E-state index in [1.54, 1.807) is 16.8 Å². The van der Waals surface area contributed by atoms with Crippen molar-refractivity contribution in [2.45, 2.75) is 26.3 Å². The summed E-state index contributed by atoms with van der Waals surface area (Å²) in [6.45, 7) is 3.88. The van der Waals surface area contributed by atoms with Crippen LogP contribution in [0.5, 0.6) is 0 Å². The molecule has 0 fully saturated rings. The smallest absolute Gasteiger partial charge is 0.249 e. The number of hydrogen-bond donors (Lipinski definition) is 1. The van der Waals surface area contributed by atoms with Crippen molar-refractivity contribution in [3.8, 4) is 0 Å². The van der Waals surface area contributed by atoms with Crippen molar-refractivity contribution in [2.75, 3.05) is 5.32 Å². The number of anilines is 1. The Labute approximate surface area is 139 Å². The van der Waals surface area contributed by atoms with Gasteiger partial charge in [0, 0.05) is 10.7 Å². The largest absolute Gasteiger partial charge is 0.324 e. The third-order valence-electron chi connectivity index (χ3n) is 3.82. The van der Waals surface area contributed by atoms with Crippen molar-refractivity contribution in [1.29, 1.82) is 0 Å². The van der Waals surface area contributed by atoms with Gasteiger partial charge in [-0.3, -0.25) is 4.79 Å². The molecule has 1 atom stereocenters. The molecular weight excluding hydrogens is 312 g/mol. The van der Waals surface area contributed by atoms with Gasteiger partial charge in [-0.05, 0) is 43.2 Å². The molecule has 0 saturated carbocycles. The number of rotatable bonds is 4. The minimum Gasteiger partial charge on any atom is -0.324 e. The second-order valence-corrected chi connectivity index (χ2v) is 5.83. The summed E-state index contributed by atoms with van der Waals surface area (Å²) in [7, 11) is 0. The number of halogens is 1. The minimum atomic E-state index is -0.430. The second kappa shape index (κ2) is 6.38. The Morgan fingerprint density at radius 2 is 2.09 bits per heavy atom. The number of hydrogen-bond acceptors (Lipinski definition) is 3. The van der Waals surface area contributed by atoms with Gasteiger partial charge in [0.05, 0.1) is 5.52 Å². The molecule has 3 aromatic rings. The van der Waals surface area contributed by atoms with Crippen molar-refractivity contribution >= 4 is 34.2 Å². The first kappa shape index (κ1) is 15.5. The summed E-state index contributed by atoms with van der Waals surface area (Å²) < 4.78 is 1.67.